The van der Waals surface area contributed by atoms with Crippen molar-refractivity contribution in [3.8, 4) is 0 Å². The van der Waals surface area contributed by atoms with Crippen LogP contribution in [0.1, 0.15) is 26.0 Å². The van der Waals surface area contributed by atoms with E-state index in [-0.39, 0.29) is 12.5 Å². The minimum absolute atomic E-state index is 0.0345. The highest BCUT2D eigenvalue weighted by molar-refractivity contribution is 5.81. The first-order chi connectivity index (χ1) is 8.10. The van der Waals surface area contributed by atoms with E-state index in [4.69, 9.17) is 5.73 Å². The van der Waals surface area contributed by atoms with E-state index in [1.54, 1.807) is 4.68 Å². The van der Waals surface area contributed by atoms with Crippen LogP contribution in [-0.4, -0.2) is 28.8 Å². The smallest absolute Gasteiger partial charge is 0.239 e. The lowest BCUT2D eigenvalue weighted by atomic mass is 10.4. The SMILES string of the molecule is CCCNC(=O)CNc1c(N)c(C)nn1CC. The molecule has 0 atom stereocenters. The van der Waals surface area contributed by atoms with Crippen LogP contribution >= 0.6 is 0 Å². The second kappa shape index (κ2) is 6.12. The minimum Gasteiger partial charge on any atom is -0.394 e. The van der Waals surface area contributed by atoms with Gasteiger partial charge >= 0.3 is 0 Å². The first-order valence-corrected chi connectivity index (χ1v) is 5.93. The Balaban J connectivity index is 2.59. The van der Waals surface area contributed by atoms with Gasteiger partial charge in [-0.2, -0.15) is 5.10 Å². The first kappa shape index (κ1) is 13.3. The van der Waals surface area contributed by atoms with Crippen molar-refractivity contribution in [1.82, 2.24) is 15.1 Å². The molecule has 0 unspecified atom stereocenters. The molecule has 1 rings (SSSR count). The van der Waals surface area contributed by atoms with Crippen LogP contribution in [-0.2, 0) is 11.3 Å². The second-order valence-electron chi connectivity index (χ2n) is 3.87. The molecule has 1 aromatic heterocycles. The maximum Gasteiger partial charge on any atom is 0.239 e. The van der Waals surface area contributed by atoms with Gasteiger partial charge in [0.1, 0.15) is 5.82 Å². The van der Waals surface area contributed by atoms with Crippen molar-refractivity contribution in [2.24, 2.45) is 0 Å². The largest absolute Gasteiger partial charge is 0.394 e. The summed E-state index contributed by atoms with van der Waals surface area (Å²) in [6.45, 7) is 7.48. The Bertz CT molecular complexity index is 385. The van der Waals surface area contributed by atoms with Gasteiger partial charge in [-0.1, -0.05) is 6.92 Å². The van der Waals surface area contributed by atoms with E-state index in [2.05, 4.69) is 15.7 Å². The molecule has 4 N–H and O–H groups in total. The molecule has 0 spiro atoms. The third-order valence-corrected chi connectivity index (χ3v) is 2.46. The van der Waals surface area contributed by atoms with Crippen molar-refractivity contribution in [3.05, 3.63) is 5.69 Å². The average molecular weight is 239 g/mol. The zero-order valence-electron chi connectivity index (χ0n) is 10.7. The van der Waals surface area contributed by atoms with Crippen LogP contribution in [0.4, 0.5) is 11.5 Å². The molecule has 0 fully saturated rings. The van der Waals surface area contributed by atoms with Gasteiger partial charge in [0.25, 0.3) is 0 Å². The maximum absolute atomic E-state index is 11.4. The molecule has 0 aliphatic rings. The Kier molecular flexibility index (Phi) is 4.81. The Morgan fingerprint density at radius 2 is 2.18 bits per heavy atom. The van der Waals surface area contributed by atoms with Gasteiger partial charge in [-0.3, -0.25) is 4.79 Å². The molecule has 1 amide bonds. The van der Waals surface area contributed by atoms with E-state index in [0.29, 0.717) is 12.2 Å². The van der Waals surface area contributed by atoms with Crippen molar-refractivity contribution in [2.75, 3.05) is 24.1 Å². The Morgan fingerprint density at radius 1 is 1.47 bits per heavy atom. The summed E-state index contributed by atoms with van der Waals surface area (Å²) in [4.78, 5) is 11.4. The molecule has 1 heterocycles. The summed E-state index contributed by atoms with van der Waals surface area (Å²) >= 11 is 0. The van der Waals surface area contributed by atoms with Crippen LogP contribution in [0.3, 0.4) is 0 Å². The van der Waals surface area contributed by atoms with Gasteiger partial charge in [0, 0.05) is 13.1 Å². The number of hydrogen-bond donors (Lipinski definition) is 3. The molecule has 96 valence electrons. The summed E-state index contributed by atoms with van der Waals surface area (Å²) in [5.74, 6) is 0.685. The molecular formula is C11H21N5O. The fourth-order valence-electron chi connectivity index (χ4n) is 1.50. The fraction of sp³-hybridized carbons (Fsp3) is 0.636. The third kappa shape index (κ3) is 3.37. The summed E-state index contributed by atoms with van der Waals surface area (Å²) in [5.41, 5.74) is 7.28. The van der Waals surface area contributed by atoms with E-state index in [1.807, 2.05) is 20.8 Å². The fourth-order valence-corrected chi connectivity index (χ4v) is 1.50. The van der Waals surface area contributed by atoms with Crippen LogP contribution in [0.25, 0.3) is 0 Å². The summed E-state index contributed by atoms with van der Waals surface area (Å²) in [6.07, 6.45) is 0.930. The molecule has 1 aromatic rings. The lowest BCUT2D eigenvalue weighted by Gasteiger charge is -2.09. The summed E-state index contributed by atoms with van der Waals surface area (Å²) < 4.78 is 1.76. The standard InChI is InChI=1S/C11H21N5O/c1-4-6-13-9(17)7-14-11-10(12)8(3)15-16(11)5-2/h14H,4-7,12H2,1-3H3,(H,13,17). The lowest BCUT2D eigenvalue weighted by molar-refractivity contribution is -0.119. The molecule has 6 heteroatoms. The normalized spacial score (nSPS) is 10.3. The molecule has 17 heavy (non-hydrogen) atoms. The van der Waals surface area contributed by atoms with Crippen molar-refractivity contribution in [3.63, 3.8) is 0 Å². The van der Waals surface area contributed by atoms with E-state index in [9.17, 15) is 4.79 Å². The van der Waals surface area contributed by atoms with Gasteiger partial charge in [0.2, 0.25) is 5.91 Å². The lowest BCUT2D eigenvalue weighted by Crippen LogP contribution is -2.31. The quantitative estimate of drug-likeness (QED) is 0.683. The number of carbonyl (C=O) groups excluding carboxylic acids is 1. The molecule has 0 saturated heterocycles. The molecular weight excluding hydrogens is 218 g/mol. The van der Waals surface area contributed by atoms with Crippen molar-refractivity contribution in [2.45, 2.75) is 33.7 Å². The Labute approximate surface area is 102 Å². The van der Waals surface area contributed by atoms with Crippen molar-refractivity contribution in [1.29, 1.82) is 0 Å². The van der Waals surface area contributed by atoms with Crippen molar-refractivity contribution < 1.29 is 4.79 Å². The topological polar surface area (TPSA) is 85.0 Å². The molecule has 0 aromatic carbocycles. The summed E-state index contributed by atoms with van der Waals surface area (Å²) in [7, 11) is 0. The van der Waals surface area contributed by atoms with Gasteiger partial charge in [-0.05, 0) is 20.3 Å². The van der Waals surface area contributed by atoms with Gasteiger partial charge in [0.15, 0.2) is 0 Å². The highest BCUT2D eigenvalue weighted by atomic mass is 16.1. The zero-order chi connectivity index (χ0) is 12.8. The predicted octanol–water partition coefficient (Wildman–Crippen LogP) is 0.732. The predicted molar refractivity (Wildman–Crippen MR) is 68.8 cm³/mol. The number of nitrogen functional groups attached to an aromatic ring is 1. The minimum atomic E-state index is -0.0345. The number of amides is 1. The number of rotatable bonds is 6. The number of aromatic nitrogens is 2. The number of anilines is 2. The maximum atomic E-state index is 11.4. The monoisotopic (exact) mass is 239 g/mol. The number of aryl methyl sites for hydroxylation is 2. The Morgan fingerprint density at radius 3 is 2.76 bits per heavy atom. The Hall–Kier alpha value is -1.72. The van der Waals surface area contributed by atoms with Crippen LogP contribution in [0.5, 0.6) is 0 Å². The van der Waals surface area contributed by atoms with Crippen LogP contribution in [0.2, 0.25) is 0 Å². The van der Waals surface area contributed by atoms with E-state index in [0.717, 1.165) is 24.5 Å². The first-order valence-electron chi connectivity index (χ1n) is 5.93. The van der Waals surface area contributed by atoms with Crippen LogP contribution in [0.15, 0.2) is 0 Å². The summed E-state index contributed by atoms with van der Waals surface area (Å²) in [6, 6.07) is 0. The van der Waals surface area contributed by atoms with Gasteiger partial charge in [0.05, 0.1) is 17.9 Å². The van der Waals surface area contributed by atoms with Crippen LogP contribution < -0.4 is 16.4 Å². The molecule has 6 nitrogen and oxygen atoms in total. The van der Waals surface area contributed by atoms with Gasteiger partial charge in [-0.25, -0.2) is 4.68 Å². The number of nitrogens with two attached hydrogens (primary N) is 1. The second-order valence-corrected chi connectivity index (χ2v) is 3.87. The van der Waals surface area contributed by atoms with E-state index in [1.165, 1.54) is 0 Å². The number of nitrogens with zero attached hydrogens (tertiary/aromatic N) is 2. The average Bonchev–Trinajstić information content (AvgIpc) is 2.60. The van der Waals surface area contributed by atoms with E-state index >= 15 is 0 Å². The van der Waals surface area contributed by atoms with Gasteiger partial charge < -0.3 is 16.4 Å². The van der Waals surface area contributed by atoms with Crippen molar-refractivity contribution >= 4 is 17.4 Å². The molecule has 0 saturated carbocycles. The highest BCUT2D eigenvalue weighted by Gasteiger charge is 2.11. The molecule has 0 bridgehead atoms. The molecule has 0 aliphatic heterocycles. The highest BCUT2D eigenvalue weighted by Crippen LogP contribution is 2.21. The number of hydrogen-bond acceptors (Lipinski definition) is 4. The van der Waals surface area contributed by atoms with Gasteiger partial charge in [-0.15, -0.1) is 0 Å². The van der Waals surface area contributed by atoms with E-state index < -0.39 is 0 Å². The summed E-state index contributed by atoms with van der Waals surface area (Å²) in [5, 5.41) is 10.1. The molecule has 0 radical (unpaired) electrons. The number of nitrogens with one attached hydrogen (secondary N) is 2. The third-order valence-electron chi connectivity index (χ3n) is 2.46. The van der Waals surface area contributed by atoms with Crippen LogP contribution in [0, 0.1) is 6.92 Å². The number of carbonyl (C=O) groups is 1. The zero-order valence-corrected chi connectivity index (χ0v) is 10.7. The molecule has 0 aliphatic carbocycles.